The van der Waals surface area contributed by atoms with Crippen molar-refractivity contribution in [3.8, 4) is 0 Å². The summed E-state index contributed by atoms with van der Waals surface area (Å²) in [6.45, 7) is -0.650. The molecule has 4 rings (SSSR count). The number of anilines is 1. The van der Waals surface area contributed by atoms with Crippen molar-refractivity contribution in [1.82, 2.24) is 4.90 Å². The van der Waals surface area contributed by atoms with Crippen molar-refractivity contribution in [2.45, 2.75) is 18.9 Å². The van der Waals surface area contributed by atoms with E-state index in [0.717, 1.165) is 4.90 Å². The summed E-state index contributed by atoms with van der Waals surface area (Å²) in [6, 6.07) is 22.5. The van der Waals surface area contributed by atoms with Crippen LogP contribution >= 0.6 is 0 Å². The van der Waals surface area contributed by atoms with Crippen molar-refractivity contribution in [2.24, 2.45) is 5.73 Å². The summed E-state index contributed by atoms with van der Waals surface area (Å²) in [4.78, 5) is 66.0. The molecule has 0 spiro atoms. The lowest BCUT2D eigenvalue weighted by Crippen LogP contribution is -2.48. The minimum atomic E-state index is -1.28. The lowest BCUT2D eigenvalue weighted by molar-refractivity contribution is -0.151. The zero-order valence-corrected chi connectivity index (χ0v) is 19.9. The Morgan fingerprint density at radius 2 is 1.35 bits per heavy atom. The molecule has 0 aromatic heterocycles. The molecular formula is C28H25N3O6. The normalized spacial score (nSPS) is 13.1. The Balaban J connectivity index is 1.54. The number of carbonyl (C=O) groups is 5. The van der Waals surface area contributed by atoms with Crippen LogP contribution in [-0.2, 0) is 25.5 Å². The molecule has 0 aliphatic carbocycles. The SMILES string of the molecule is NC(=O)CCN(C(=O)COC(=O)[C@H](Cc1ccccc1)N1C(=O)c2ccccc2C1=O)c1ccccc1. The van der Waals surface area contributed by atoms with Gasteiger partial charge in [0.25, 0.3) is 17.7 Å². The first kappa shape index (κ1) is 25.3. The molecule has 9 heteroatoms. The van der Waals surface area contributed by atoms with Gasteiger partial charge < -0.3 is 15.4 Å². The van der Waals surface area contributed by atoms with E-state index in [1.807, 2.05) is 6.07 Å². The predicted molar refractivity (Wildman–Crippen MR) is 134 cm³/mol. The van der Waals surface area contributed by atoms with Crippen LogP contribution in [0.1, 0.15) is 32.7 Å². The van der Waals surface area contributed by atoms with Crippen LogP contribution in [0.2, 0.25) is 0 Å². The third kappa shape index (κ3) is 5.72. The van der Waals surface area contributed by atoms with Gasteiger partial charge >= 0.3 is 5.97 Å². The molecule has 1 aliphatic heterocycles. The maximum absolute atomic E-state index is 13.3. The minimum absolute atomic E-state index is 0.00157. The molecule has 0 radical (unpaired) electrons. The zero-order chi connectivity index (χ0) is 26.4. The van der Waals surface area contributed by atoms with E-state index in [1.54, 1.807) is 66.7 Å². The average Bonchev–Trinajstić information content (AvgIpc) is 3.16. The Kier molecular flexibility index (Phi) is 7.73. The van der Waals surface area contributed by atoms with Gasteiger partial charge in [0.15, 0.2) is 6.61 Å². The van der Waals surface area contributed by atoms with E-state index in [-0.39, 0.29) is 30.5 Å². The fourth-order valence-corrected chi connectivity index (χ4v) is 4.14. The minimum Gasteiger partial charge on any atom is -0.454 e. The second-order valence-electron chi connectivity index (χ2n) is 8.44. The highest BCUT2D eigenvalue weighted by Crippen LogP contribution is 2.26. The van der Waals surface area contributed by atoms with Gasteiger partial charge in [0.2, 0.25) is 5.91 Å². The van der Waals surface area contributed by atoms with Gasteiger partial charge in [-0.3, -0.25) is 24.1 Å². The van der Waals surface area contributed by atoms with Crippen molar-refractivity contribution in [2.75, 3.05) is 18.1 Å². The molecule has 0 saturated carbocycles. The number of rotatable bonds is 10. The molecule has 2 N–H and O–H groups in total. The first-order valence-electron chi connectivity index (χ1n) is 11.7. The van der Waals surface area contributed by atoms with Gasteiger partial charge in [-0.2, -0.15) is 0 Å². The molecule has 0 saturated heterocycles. The molecule has 0 bridgehead atoms. The van der Waals surface area contributed by atoms with Gasteiger partial charge in [0.1, 0.15) is 6.04 Å². The van der Waals surface area contributed by atoms with E-state index in [4.69, 9.17) is 10.5 Å². The largest absolute Gasteiger partial charge is 0.454 e. The number of fused-ring (bicyclic) bond motifs is 1. The first-order valence-corrected chi connectivity index (χ1v) is 11.7. The van der Waals surface area contributed by atoms with Crippen LogP contribution in [0.3, 0.4) is 0 Å². The van der Waals surface area contributed by atoms with Gasteiger partial charge in [0.05, 0.1) is 11.1 Å². The number of carbonyl (C=O) groups excluding carboxylic acids is 5. The molecular weight excluding hydrogens is 474 g/mol. The van der Waals surface area contributed by atoms with Crippen molar-refractivity contribution >= 4 is 35.3 Å². The Hall–Kier alpha value is -4.79. The van der Waals surface area contributed by atoms with Gasteiger partial charge in [-0.05, 0) is 29.8 Å². The van der Waals surface area contributed by atoms with Crippen LogP contribution in [0, 0.1) is 0 Å². The maximum Gasteiger partial charge on any atom is 0.330 e. The van der Waals surface area contributed by atoms with Crippen molar-refractivity contribution in [1.29, 1.82) is 0 Å². The topological polar surface area (TPSA) is 127 Å². The van der Waals surface area contributed by atoms with Crippen molar-refractivity contribution in [3.63, 3.8) is 0 Å². The smallest absolute Gasteiger partial charge is 0.330 e. The fourth-order valence-electron chi connectivity index (χ4n) is 4.14. The summed E-state index contributed by atoms with van der Waals surface area (Å²) in [7, 11) is 0. The number of esters is 1. The van der Waals surface area contributed by atoms with Crippen LogP contribution in [0.4, 0.5) is 5.69 Å². The number of para-hydroxylation sites is 1. The molecule has 0 unspecified atom stereocenters. The lowest BCUT2D eigenvalue weighted by atomic mass is 10.0. The molecule has 188 valence electrons. The van der Waals surface area contributed by atoms with Crippen molar-refractivity contribution in [3.05, 3.63) is 102 Å². The predicted octanol–water partition coefficient (Wildman–Crippen LogP) is 2.35. The lowest BCUT2D eigenvalue weighted by Gasteiger charge is -2.26. The maximum atomic E-state index is 13.3. The highest BCUT2D eigenvalue weighted by molar-refractivity contribution is 6.22. The van der Waals surface area contributed by atoms with Crippen LogP contribution < -0.4 is 10.6 Å². The number of imide groups is 1. The molecule has 1 atom stereocenters. The second-order valence-corrected chi connectivity index (χ2v) is 8.44. The van der Waals surface area contributed by atoms with Gasteiger partial charge in [-0.1, -0.05) is 60.7 Å². The number of amides is 4. The van der Waals surface area contributed by atoms with Crippen LogP contribution in [0.5, 0.6) is 0 Å². The highest BCUT2D eigenvalue weighted by atomic mass is 16.5. The Labute approximate surface area is 213 Å². The average molecular weight is 500 g/mol. The highest BCUT2D eigenvalue weighted by Gasteiger charge is 2.43. The summed E-state index contributed by atoms with van der Waals surface area (Å²) in [5.41, 5.74) is 6.88. The Bertz CT molecular complexity index is 1290. The second kappa shape index (κ2) is 11.3. The fraction of sp³-hybridized carbons (Fsp3) is 0.179. The molecule has 3 aromatic rings. The standard InChI is InChI=1S/C28H25N3O6/c29-24(32)15-16-30(20-11-5-2-6-12-20)25(33)18-37-28(36)23(17-19-9-3-1-4-10-19)31-26(34)21-13-7-8-14-22(21)27(31)35/h1-14,23H,15-18H2,(H2,29,32)/t23-/m0/s1. The van der Waals surface area contributed by atoms with E-state index in [1.165, 1.54) is 17.0 Å². The number of hydrogen-bond acceptors (Lipinski definition) is 6. The molecule has 1 aliphatic rings. The van der Waals surface area contributed by atoms with E-state index in [9.17, 15) is 24.0 Å². The third-order valence-corrected chi connectivity index (χ3v) is 5.97. The summed E-state index contributed by atoms with van der Waals surface area (Å²) in [6.07, 6.45) is -0.0658. The quantitative estimate of drug-likeness (QED) is 0.337. The number of hydrogen-bond donors (Lipinski definition) is 1. The number of nitrogens with two attached hydrogens (primary N) is 1. The molecule has 1 heterocycles. The van der Waals surface area contributed by atoms with Gasteiger partial charge in [-0.25, -0.2) is 4.79 Å². The van der Waals surface area contributed by atoms with Gasteiger partial charge in [0, 0.05) is 25.1 Å². The van der Waals surface area contributed by atoms with Crippen LogP contribution in [0.15, 0.2) is 84.9 Å². The number of nitrogens with zero attached hydrogens (tertiary/aromatic N) is 2. The molecule has 9 nitrogen and oxygen atoms in total. The summed E-state index contributed by atoms with van der Waals surface area (Å²) in [5, 5.41) is 0. The zero-order valence-electron chi connectivity index (χ0n) is 19.9. The molecule has 3 aromatic carbocycles. The van der Waals surface area contributed by atoms with Crippen LogP contribution in [-0.4, -0.2) is 53.7 Å². The Morgan fingerprint density at radius 1 is 0.811 bits per heavy atom. The number of ether oxygens (including phenoxy) is 1. The third-order valence-electron chi connectivity index (χ3n) is 5.97. The van der Waals surface area contributed by atoms with E-state index < -0.39 is 42.2 Å². The first-order chi connectivity index (χ1) is 17.9. The van der Waals surface area contributed by atoms with Crippen molar-refractivity contribution < 1.29 is 28.7 Å². The molecule has 0 fully saturated rings. The summed E-state index contributed by atoms with van der Waals surface area (Å²) >= 11 is 0. The monoisotopic (exact) mass is 499 g/mol. The number of benzene rings is 3. The molecule has 4 amide bonds. The van der Waals surface area contributed by atoms with E-state index in [0.29, 0.717) is 11.3 Å². The Morgan fingerprint density at radius 3 is 1.92 bits per heavy atom. The van der Waals surface area contributed by atoms with E-state index >= 15 is 0 Å². The number of primary amides is 1. The summed E-state index contributed by atoms with van der Waals surface area (Å²) < 4.78 is 5.36. The summed E-state index contributed by atoms with van der Waals surface area (Å²) in [5.74, 6) is -3.26. The molecule has 37 heavy (non-hydrogen) atoms. The van der Waals surface area contributed by atoms with Gasteiger partial charge in [-0.15, -0.1) is 0 Å². The van der Waals surface area contributed by atoms with Crippen LogP contribution in [0.25, 0.3) is 0 Å². The van der Waals surface area contributed by atoms with E-state index in [2.05, 4.69) is 0 Å².